The first kappa shape index (κ1) is 18.3. The molecule has 0 aromatic carbocycles. The van der Waals surface area contributed by atoms with E-state index in [0.29, 0.717) is 19.8 Å². The molecule has 0 spiro atoms. The summed E-state index contributed by atoms with van der Waals surface area (Å²) in [5.74, 6) is -0.0833. The summed E-state index contributed by atoms with van der Waals surface area (Å²) < 4.78 is 10.0. The zero-order chi connectivity index (χ0) is 14.9. The lowest BCUT2D eigenvalue weighted by molar-refractivity contribution is -0.124. The van der Waals surface area contributed by atoms with Gasteiger partial charge in [0, 0.05) is 19.2 Å². The number of amides is 1. The Kier molecular flexibility index (Phi) is 8.92. The van der Waals surface area contributed by atoms with Crippen LogP contribution in [-0.4, -0.2) is 62.2 Å². The van der Waals surface area contributed by atoms with Gasteiger partial charge in [0.05, 0.1) is 32.0 Å². The molecule has 2 unspecified atom stereocenters. The van der Waals surface area contributed by atoms with Gasteiger partial charge in [0.1, 0.15) is 0 Å². The maximum absolute atomic E-state index is 11.8. The molecule has 0 aromatic heterocycles. The zero-order valence-corrected chi connectivity index (χ0v) is 12.7. The van der Waals surface area contributed by atoms with Crippen molar-refractivity contribution in [1.29, 1.82) is 0 Å². The van der Waals surface area contributed by atoms with Gasteiger partial charge in [0.15, 0.2) is 0 Å². The van der Waals surface area contributed by atoms with Crippen LogP contribution < -0.4 is 10.6 Å². The predicted octanol–water partition coefficient (Wildman–Crippen LogP) is -0.0969. The summed E-state index contributed by atoms with van der Waals surface area (Å²) in [4.78, 5) is 11.8. The Morgan fingerprint density at radius 1 is 1.32 bits per heavy atom. The average molecular weight is 276 g/mol. The fourth-order valence-electron chi connectivity index (χ4n) is 1.30. The minimum Gasteiger partial charge on any atom is -0.389 e. The van der Waals surface area contributed by atoms with Crippen LogP contribution in [0.3, 0.4) is 0 Å². The molecule has 3 N–H and O–H groups in total. The summed E-state index contributed by atoms with van der Waals surface area (Å²) >= 11 is 0. The second-order valence-electron chi connectivity index (χ2n) is 5.59. The van der Waals surface area contributed by atoms with Gasteiger partial charge in [-0.25, -0.2) is 0 Å². The van der Waals surface area contributed by atoms with Crippen LogP contribution in [0.4, 0.5) is 0 Å². The van der Waals surface area contributed by atoms with E-state index in [1.165, 1.54) is 0 Å². The van der Waals surface area contributed by atoms with Gasteiger partial charge in [0.25, 0.3) is 0 Å². The molecule has 19 heavy (non-hydrogen) atoms. The number of hydrogen-bond donors (Lipinski definition) is 3. The maximum Gasteiger partial charge on any atom is 0.237 e. The van der Waals surface area contributed by atoms with Gasteiger partial charge in [-0.15, -0.1) is 0 Å². The van der Waals surface area contributed by atoms with Crippen molar-refractivity contribution in [3.8, 4) is 0 Å². The zero-order valence-electron chi connectivity index (χ0n) is 12.7. The third-order valence-corrected chi connectivity index (χ3v) is 2.29. The SMILES string of the molecule is COCCOCC(O)CNC(C)C(=O)NC(C)(C)C. The van der Waals surface area contributed by atoms with E-state index in [9.17, 15) is 9.90 Å². The second kappa shape index (κ2) is 9.25. The number of hydrogen-bond acceptors (Lipinski definition) is 5. The molecule has 0 saturated carbocycles. The van der Waals surface area contributed by atoms with E-state index in [1.807, 2.05) is 20.8 Å². The third kappa shape index (κ3) is 10.9. The van der Waals surface area contributed by atoms with Crippen molar-refractivity contribution in [3.05, 3.63) is 0 Å². The highest BCUT2D eigenvalue weighted by Gasteiger charge is 2.19. The highest BCUT2D eigenvalue weighted by Crippen LogP contribution is 1.99. The molecule has 0 bridgehead atoms. The van der Waals surface area contributed by atoms with Gasteiger partial charge in [-0.1, -0.05) is 0 Å². The third-order valence-electron chi connectivity index (χ3n) is 2.29. The van der Waals surface area contributed by atoms with Crippen LogP contribution >= 0.6 is 0 Å². The summed E-state index contributed by atoms with van der Waals surface area (Å²) in [5, 5.41) is 15.5. The highest BCUT2D eigenvalue weighted by molar-refractivity contribution is 5.81. The molecule has 2 atom stereocenters. The highest BCUT2D eigenvalue weighted by atomic mass is 16.5. The van der Waals surface area contributed by atoms with Crippen LogP contribution in [0.1, 0.15) is 27.7 Å². The van der Waals surface area contributed by atoms with E-state index in [0.717, 1.165) is 0 Å². The van der Waals surface area contributed by atoms with Crippen molar-refractivity contribution >= 4 is 5.91 Å². The van der Waals surface area contributed by atoms with Crippen molar-refractivity contribution < 1.29 is 19.4 Å². The number of ether oxygens (including phenoxy) is 2. The number of rotatable bonds is 9. The quantitative estimate of drug-likeness (QED) is 0.513. The Morgan fingerprint density at radius 3 is 2.47 bits per heavy atom. The Balaban J connectivity index is 3.76. The largest absolute Gasteiger partial charge is 0.389 e. The molecule has 0 aliphatic heterocycles. The van der Waals surface area contributed by atoms with Crippen LogP contribution in [0.5, 0.6) is 0 Å². The molecule has 0 fully saturated rings. The number of aliphatic hydroxyl groups excluding tert-OH is 1. The van der Waals surface area contributed by atoms with E-state index in [-0.39, 0.29) is 24.1 Å². The topological polar surface area (TPSA) is 79.8 Å². The van der Waals surface area contributed by atoms with Crippen molar-refractivity contribution in [1.82, 2.24) is 10.6 Å². The van der Waals surface area contributed by atoms with Gasteiger partial charge in [-0.2, -0.15) is 0 Å². The average Bonchev–Trinajstić information content (AvgIpc) is 2.29. The molecular weight excluding hydrogens is 248 g/mol. The van der Waals surface area contributed by atoms with Gasteiger partial charge >= 0.3 is 0 Å². The van der Waals surface area contributed by atoms with Gasteiger partial charge in [-0.05, 0) is 27.7 Å². The molecule has 0 radical (unpaired) electrons. The number of carbonyl (C=O) groups excluding carboxylic acids is 1. The smallest absolute Gasteiger partial charge is 0.237 e. The Bertz CT molecular complexity index is 254. The molecule has 1 amide bonds. The lowest BCUT2D eigenvalue weighted by atomic mass is 10.1. The van der Waals surface area contributed by atoms with E-state index in [4.69, 9.17) is 9.47 Å². The first-order valence-electron chi connectivity index (χ1n) is 6.56. The fraction of sp³-hybridized carbons (Fsp3) is 0.923. The minimum atomic E-state index is -0.637. The Labute approximate surface area is 115 Å². The monoisotopic (exact) mass is 276 g/mol. The van der Waals surface area contributed by atoms with Crippen molar-refractivity contribution in [2.75, 3.05) is 33.5 Å². The molecule has 0 rings (SSSR count). The Morgan fingerprint density at radius 2 is 1.95 bits per heavy atom. The molecule has 6 heteroatoms. The molecule has 114 valence electrons. The minimum absolute atomic E-state index is 0.0833. The van der Waals surface area contributed by atoms with Crippen LogP contribution in [0, 0.1) is 0 Å². The molecule has 0 aromatic rings. The first-order chi connectivity index (χ1) is 8.76. The van der Waals surface area contributed by atoms with Crippen LogP contribution in [0.25, 0.3) is 0 Å². The first-order valence-corrected chi connectivity index (χ1v) is 6.56. The summed E-state index contributed by atoms with van der Waals surface area (Å²) in [6.07, 6.45) is -0.637. The maximum atomic E-state index is 11.8. The summed E-state index contributed by atoms with van der Waals surface area (Å²) in [7, 11) is 1.59. The number of carbonyl (C=O) groups is 1. The van der Waals surface area contributed by atoms with Crippen LogP contribution in [-0.2, 0) is 14.3 Å². The van der Waals surface area contributed by atoms with Gasteiger partial charge < -0.3 is 25.2 Å². The second-order valence-corrected chi connectivity index (χ2v) is 5.59. The lowest BCUT2D eigenvalue weighted by Crippen LogP contribution is -2.51. The molecule has 6 nitrogen and oxygen atoms in total. The van der Waals surface area contributed by atoms with Crippen molar-refractivity contribution in [2.24, 2.45) is 0 Å². The molecule has 0 saturated heterocycles. The molecular formula is C13H28N2O4. The lowest BCUT2D eigenvalue weighted by Gasteiger charge is -2.24. The summed E-state index contributed by atoms with van der Waals surface area (Å²) in [6, 6.07) is -0.354. The molecule has 0 aliphatic carbocycles. The number of methoxy groups -OCH3 is 1. The van der Waals surface area contributed by atoms with Crippen LogP contribution in [0.15, 0.2) is 0 Å². The van der Waals surface area contributed by atoms with E-state index in [1.54, 1.807) is 14.0 Å². The van der Waals surface area contributed by atoms with Crippen molar-refractivity contribution in [3.63, 3.8) is 0 Å². The predicted molar refractivity (Wildman–Crippen MR) is 74.1 cm³/mol. The number of aliphatic hydroxyl groups is 1. The summed E-state index contributed by atoms with van der Waals surface area (Å²) in [6.45, 7) is 9.04. The number of nitrogens with one attached hydrogen (secondary N) is 2. The Hall–Kier alpha value is -0.690. The van der Waals surface area contributed by atoms with E-state index >= 15 is 0 Å². The van der Waals surface area contributed by atoms with Crippen LogP contribution in [0.2, 0.25) is 0 Å². The van der Waals surface area contributed by atoms with E-state index in [2.05, 4.69) is 10.6 Å². The standard InChI is InChI=1S/C13H28N2O4/c1-10(12(17)15-13(2,3)4)14-8-11(16)9-19-7-6-18-5/h10-11,14,16H,6-9H2,1-5H3,(H,15,17). The van der Waals surface area contributed by atoms with E-state index < -0.39 is 6.10 Å². The van der Waals surface area contributed by atoms with Gasteiger partial charge in [0.2, 0.25) is 5.91 Å². The fourth-order valence-corrected chi connectivity index (χ4v) is 1.30. The van der Waals surface area contributed by atoms with Gasteiger partial charge in [-0.3, -0.25) is 4.79 Å². The van der Waals surface area contributed by atoms with Crippen molar-refractivity contribution in [2.45, 2.75) is 45.4 Å². The normalized spacial score (nSPS) is 15.1. The molecule has 0 aliphatic rings. The molecule has 0 heterocycles. The summed E-state index contributed by atoms with van der Waals surface area (Å²) in [5.41, 5.74) is -0.255.